The summed E-state index contributed by atoms with van der Waals surface area (Å²) in [6, 6.07) is 14.3. The minimum atomic E-state index is -0.365. The lowest BCUT2D eigenvalue weighted by Gasteiger charge is -2.12. The van der Waals surface area contributed by atoms with Gasteiger partial charge in [-0.3, -0.25) is 4.79 Å². The molecule has 0 radical (unpaired) electrons. The van der Waals surface area contributed by atoms with Crippen molar-refractivity contribution in [1.29, 1.82) is 0 Å². The van der Waals surface area contributed by atoms with E-state index in [2.05, 4.69) is 4.99 Å². The third-order valence-corrected chi connectivity index (χ3v) is 3.83. The van der Waals surface area contributed by atoms with Crippen LogP contribution < -0.4 is 4.90 Å². The first-order valence-electron chi connectivity index (χ1n) is 7.92. The lowest BCUT2D eigenvalue weighted by Crippen LogP contribution is -2.29. The smallest absolute Gasteiger partial charge is 0.338 e. The number of hydrogen-bond donors (Lipinski definition) is 0. The Morgan fingerprint density at radius 2 is 1.79 bits per heavy atom. The Morgan fingerprint density at radius 3 is 2.46 bits per heavy atom. The monoisotopic (exact) mass is 322 g/mol. The molecule has 5 nitrogen and oxygen atoms in total. The van der Waals surface area contributed by atoms with Crippen molar-refractivity contribution in [3.63, 3.8) is 0 Å². The van der Waals surface area contributed by atoms with Gasteiger partial charge in [0.2, 0.25) is 0 Å². The molecule has 1 aliphatic heterocycles. The Kier molecular flexibility index (Phi) is 4.42. The molecule has 3 rings (SSSR count). The van der Waals surface area contributed by atoms with Crippen LogP contribution in [0.4, 0.5) is 11.4 Å². The van der Waals surface area contributed by atoms with E-state index >= 15 is 0 Å². The van der Waals surface area contributed by atoms with Crippen molar-refractivity contribution >= 4 is 29.0 Å². The van der Waals surface area contributed by atoms with E-state index in [9.17, 15) is 9.59 Å². The van der Waals surface area contributed by atoms with Crippen LogP contribution in [0, 0.1) is 0 Å². The second-order valence-corrected chi connectivity index (χ2v) is 5.29. The van der Waals surface area contributed by atoms with Gasteiger partial charge in [0.25, 0.3) is 5.91 Å². The summed E-state index contributed by atoms with van der Waals surface area (Å²) in [4.78, 5) is 30.5. The number of hydrogen-bond acceptors (Lipinski definition) is 4. The van der Waals surface area contributed by atoms with Crippen molar-refractivity contribution in [2.45, 2.75) is 13.8 Å². The highest BCUT2D eigenvalue weighted by atomic mass is 16.5. The van der Waals surface area contributed by atoms with Crippen molar-refractivity contribution in [3.05, 3.63) is 59.7 Å². The van der Waals surface area contributed by atoms with Gasteiger partial charge in [-0.05, 0) is 44.2 Å². The first-order valence-corrected chi connectivity index (χ1v) is 7.92. The fourth-order valence-electron chi connectivity index (χ4n) is 2.70. The zero-order valence-corrected chi connectivity index (χ0v) is 13.7. The molecule has 0 unspecified atom stereocenters. The second kappa shape index (κ2) is 6.66. The van der Waals surface area contributed by atoms with Crippen molar-refractivity contribution in [2.75, 3.05) is 18.1 Å². The maximum Gasteiger partial charge on any atom is 0.338 e. The molecule has 5 heteroatoms. The first kappa shape index (κ1) is 15.9. The standard InChI is InChI=1S/C19H18N2O3/c1-3-21-16-8-6-5-7-15(16)17(18(21)22)20-14-11-9-13(10-12-14)19(23)24-4-2/h5-12H,3-4H2,1-2H3. The van der Waals surface area contributed by atoms with Gasteiger partial charge in [0.05, 0.1) is 23.5 Å². The molecule has 122 valence electrons. The Morgan fingerprint density at radius 1 is 1.08 bits per heavy atom. The summed E-state index contributed by atoms with van der Waals surface area (Å²) < 4.78 is 4.96. The molecular weight excluding hydrogens is 304 g/mol. The van der Waals surface area contributed by atoms with Crippen molar-refractivity contribution < 1.29 is 14.3 Å². The minimum absolute atomic E-state index is 0.104. The van der Waals surface area contributed by atoms with Crippen LogP contribution in [0.1, 0.15) is 29.8 Å². The van der Waals surface area contributed by atoms with E-state index in [1.54, 1.807) is 36.1 Å². The summed E-state index contributed by atoms with van der Waals surface area (Å²) in [5, 5.41) is 0. The minimum Gasteiger partial charge on any atom is -0.462 e. The van der Waals surface area contributed by atoms with E-state index in [1.165, 1.54) is 0 Å². The molecule has 0 aliphatic carbocycles. The number of para-hydroxylation sites is 1. The average molecular weight is 322 g/mol. The fourth-order valence-corrected chi connectivity index (χ4v) is 2.70. The molecule has 2 aromatic carbocycles. The van der Waals surface area contributed by atoms with Gasteiger partial charge in [0.1, 0.15) is 5.71 Å². The Labute approximate surface area is 140 Å². The van der Waals surface area contributed by atoms with Crippen LogP contribution in [-0.2, 0) is 9.53 Å². The Bertz CT molecular complexity index is 810. The summed E-state index contributed by atoms with van der Waals surface area (Å²) in [6.45, 7) is 4.63. The molecule has 0 saturated carbocycles. The number of carbonyl (C=O) groups excluding carboxylic acids is 2. The van der Waals surface area contributed by atoms with Crippen LogP contribution >= 0.6 is 0 Å². The number of benzene rings is 2. The maximum absolute atomic E-state index is 12.6. The summed E-state index contributed by atoms with van der Waals surface area (Å²) >= 11 is 0. The zero-order chi connectivity index (χ0) is 17.1. The van der Waals surface area contributed by atoms with Gasteiger partial charge in [-0.1, -0.05) is 18.2 Å². The topological polar surface area (TPSA) is 59.0 Å². The predicted octanol–water partition coefficient (Wildman–Crippen LogP) is 3.35. The number of nitrogens with zero attached hydrogens (tertiary/aromatic N) is 2. The molecule has 0 aromatic heterocycles. The summed E-state index contributed by atoms with van der Waals surface area (Å²) in [7, 11) is 0. The second-order valence-electron chi connectivity index (χ2n) is 5.29. The van der Waals surface area contributed by atoms with Crippen LogP contribution in [0.3, 0.4) is 0 Å². The van der Waals surface area contributed by atoms with Crippen molar-refractivity contribution in [2.24, 2.45) is 4.99 Å². The van der Waals surface area contributed by atoms with E-state index in [1.807, 2.05) is 31.2 Å². The summed E-state index contributed by atoms with van der Waals surface area (Å²) in [5.41, 5.74) is 3.23. The van der Waals surface area contributed by atoms with E-state index in [-0.39, 0.29) is 11.9 Å². The largest absolute Gasteiger partial charge is 0.462 e. The predicted molar refractivity (Wildman–Crippen MR) is 93.1 cm³/mol. The fraction of sp³-hybridized carbons (Fsp3) is 0.211. The molecule has 0 fully saturated rings. The molecule has 0 bridgehead atoms. The number of anilines is 1. The third kappa shape index (κ3) is 2.80. The third-order valence-electron chi connectivity index (χ3n) is 3.83. The van der Waals surface area contributed by atoms with Gasteiger partial charge in [-0.15, -0.1) is 0 Å². The molecule has 2 aromatic rings. The number of rotatable bonds is 4. The van der Waals surface area contributed by atoms with Crippen LogP contribution in [0.25, 0.3) is 0 Å². The van der Waals surface area contributed by atoms with E-state index < -0.39 is 0 Å². The van der Waals surface area contributed by atoms with Gasteiger partial charge in [-0.2, -0.15) is 0 Å². The summed E-state index contributed by atoms with van der Waals surface area (Å²) in [5.74, 6) is -0.468. The van der Waals surface area contributed by atoms with Gasteiger partial charge in [-0.25, -0.2) is 9.79 Å². The van der Waals surface area contributed by atoms with E-state index in [4.69, 9.17) is 4.74 Å². The molecule has 1 amide bonds. The van der Waals surface area contributed by atoms with Crippen LogP contribution in [-0.4, -0.2) is 30.7 Å². The molecule has 1 heterocycles. The molecule has 24 heavy (non-hydrogen) atoms. The van der Waals surface area contributed by atoms with Crippen LogP contribution in [0.5, 0.6) is 0 Å². The number of carbonyl (C=O) groups is 2. The number of fused-ring (bicyclic) bond motifs is 1. The van der Waals surface area contributed by atoms with E-state index in [0.29, 0.717) is 30.1 Å². The SMILES string of the molecule is CCOC(=O)c1ccc(N=C2C(=O)N(CC)c3ccccc32)cc1. The lowest BCUT2D eigenvalue weighted by atomic mass is 10.1. The van der Waals surface area contributed by atoms with Crippen molar-refractivity contribution in [3.8, 4) is 0 Å². The molecule has 0 atom stereocenters. The number of amides is 1. The summed E-state index contributed by atoms with van der Waals surface area (Å²) in [6.07, 6.45) is 0. The molecule has 0 spiro atoms. The van der Waals surface area contributed by atoms with Gasteiger partial charge < -0.3 is 9.64 Å². The molecule has 0 N–H and O–H groups in total. The quantitative estimate of drug-likeness (QED) is 0.811. The van der Waals surface area contributed by atoms with Gasteiger partial charge in [0, 0.05) is 12.1 Å². The number of likely N-dealkylation sites (N-methyl/N-ethyl adjacent to an activating group) is 1. The van der Waals surface area contributed by atoms with Crippen LogP contribution in [0.15, 0.2) is 53.5 Å². The Hall–Kier alpha value is -2.95. The highest BCUT2D eigenvalue weighted by molar-refractivity contribution is 6.54. The first-order chi connectivity index (χ1) is 11.7. The Balaban J connectivity index is 1.94. The van der Waals surface area contributed by atoms with Gasteiger partial charge in [0.15, 0.2) is 0 Å². The van der Waals surface area contributed by atoms with Gasteiger partial charge >= 0.3 is 5.97 Å². The molecule has 1 aliphatic rings. The maximum atomic E-state index is 12.6. The highest BCUT2D eigenvalue weighted by Crippen LogP contribution is 2.30. The zero-order valence-electron chi connectivity index (χ0n) is 13.7. The average Bonchev–Trinajstić information content (AvgIpc) is 2.87. The molecular formula is C19H18N2O3. The number of aliphatic imine (C=N–C) groups is 1. The number of esters is 1. The molecule has 0 saturated heterocycles. The lowest BCUT2D eigenvalue weighted by molar-refractivity contribution is -0.112. The normalized spacial score (nSPS) is 14.8. The highest BCUT2D eigenvalue weighted by Gasteiger charge is 2.32. The van der Waals surface area contributed by atoms with Crippen molar-refractivity contribution in [1.82, 2.24) is 0 Å². The van der Waals surface area contributed by atoms with E-state index in [0.717, 1.165) is 11.3 Å². The van der Waals surface area contributed by atoms with Crippen LogP contribution in [0.2, 0.25) is 0 Å². The number of ether oxygens (including phenoxy) is 1.